The van der Waals surface area contributed by atoms with Crippen LogP contribution < -0.4 is 4.90 Å². The fraction of sp³-hybridized carbons (Fsp3) is 0.500. The van der Waals surface area contributed by atoms with Crippen molar-refractivity contribution >= 4 is 34.3 Å². The summed E-state index contributed by atoms with van der Waals surface area (Å²) < 4.78 is 0. The number of H-pyrrole nitrogens is 1. The molecule has 21 heavy (non-hydrogen) atoms. The van der Waals surface area contributed by atoms with Crippen LogP contribution in [0.4, 0.5) is 11.6 Å². The van der Waals surface area contributed by atoms with Crippen molar-refractivity contribution in [1.29, 1.82) is 0 Å². The highest BCUT2D eigenvalue weighted by Gasteiger charge is 2.19. The minimum absolute atomic E-state index is 0.0594. The molecule has 0 aliphatic carbocycles. The number of imidazole rings is 1. The number of alkyl halides is 1. The van der Waals surface area contributed by atoms with Gasteiger partial charge in [-0.25, -0.2) is 4.98 Å². The zero-order valence-electron chi connectivity index (χ0n) is 12.2. The third-order valence-corrected chi connectivity index (χ3v) is 3.81. The first kappa shape index (κ1) is 15.6. The van der Waals surface area contributed by atoms with E-state index in [-0.39, 0.29) is 5.69 Å². The van der Waals surface area contributed by atoms with Crippen LogP contribution in [0.3, 0.4) is 0 Å². The minimum atomic E-state index is -0.405. The van der Waals surface area contributed by atoms with Crippen LogP contribution in [0, 0.1) is 10.1 Å². The topological polar surface area (TPSA) is 75.1 Å². The highest BCUT2D eigenvalue weighted by molar-refractivity contribution is 6.18. The molecule has 6 nitrogen and oxygen atoms in total. The Kier molecular flexibility index (Phi) is 5.01. The monoisotopic (exact) mass is 310 g/mol. The molecule has 0 saturated heterocycles. The summed E-state index contributed by atoms with van der Waals surface area (Å²) in [5.41, 5.74) is 1.45. The van der Waals surface area contributed by atoms with Gasteiger partial charge in [0.1, 0.15) is 0 Å². The largest absolute Gasteiger partial charge is 0.338 e. The molecule has 114 valence electrons. The number of hydrogen-bond donors (Lipinski definition) is 1. The van der Waals surface area contributed by atoms with Crippen molar-refractivity contribution in [3.05, 3.63) is 28.3 Å². The first-order chi connectivity index (χ1) is 10.1. The molecule has 2 aromatic rings. The van der Waals surface area contributed by atoms with E-state index in [0.717, 1.165) is 24.3 Å². The van der Waals surface area contributed by atoms with E-state index in [1.54, 1.807) is 6.07 Å². The Hall–Kier alpha value is -1.82. The standard InChI is InChI=1S/C14H19ClN4O2/c1-3-10(4-2)18(8-7-15)14-16-12-6-5-11(19(20)21)9-13(12)17-14/h5-6,9-10H,3-4,7-8H2,1-2H3,(H,16,17). The predicted octanol–water partition coefficient (Wildman–Crippen LogP) is 3.70. The van der Waals surface area contributed by atoms with Crippen LogP contribution in [0.2, 0.25) is 0 Å². The summed E-state index contributed by atoms with van der Waals surface area (Å²) in [7, 11) is 0. The van der Waals surface area contributed by atoms with Crippen molar-refractivity contribution in [3.63, 3.8) is 0 Å². The van der Waals surface area contributed by atoms with E-state index in [4.69, 9.17) is 11.6 Å². The number of aromatic amines is 1. The van der Waals surface area contributed by atoms with Gasteiger partial charge < -0.3 is 9.88 Å². The molecule has 7 heteroatoms. The first-order valence-corrected chi connectivity index (χ1v) is 7.60. The molecule has 1 aromatic carbocycles. The summed E-state index contributed by atoms with van der Waals surface area (Å²) >= 11 is 5.90. The maximum absolute atomic E-state index is 10.8. The van der Waals surface area contributed by atoms with E-state index in [1.807, 2.05) is 0 Å². The molecule has 0 aliphatic heterocycles. The highest BCUT2D eigenvalue weighted by Crippen LogP contribution is 2.24. The lowest BCUT2D eigenvalue weighted by Crippen LogP contribution is -2.36. The van der Waals surface area contributed by atoms with Crippen molar-refractivity contribution in [2.45, 2.75) is 32.7 Å². The number of nitro benzene ring substituents is 1. The Morgan fingerprint density at radius 2 is 2.14 bits per heavy atom. The molecule has 0 fully saturated rings. The van der Waals surface area contributed by atoms with Crippen molar-refractivity contribution < 1.29 is 4.92 Å². The Morgan fingerprint density at radius 1 is 1.43 bits per heavy atom. The number of non-ortho nitro benzene ring substituents is 1. The van der Waals surface area contributed by atoms with E-state index in [2.05, 4.69) is 28.7 Å². The molecule has 0 unspecified atom stereocenters. The molecule has 0 amide bonds. The van der Waals surface area contributed by atoms with Gasteiger partial charge in [0.2, 0.25) is 5.95 Å². The fourth-order valence-electron chi connectivity index (χ4n) is 2.52. The number of fused-ring (bicyclic) bond motifs is 1. The van der Waals surface area contributed by atoms with Crippen LogP contribution in [-0.2, 0) is 0 Å². The number of halogens is 1. The average Bonchev–Trinajstić information content (AvgIpc) is 2.90. The normalized spacial score (nSPS) is 11.2. The number of nitrogens with zero attached hydrogens (tertiary/aromatic N) is 3. The van der Waals surface area contributed by atoms with Gasteiger partial charge in [0.15, 0.2) is 0 Å². The van der Waals surface area contributed by atoms with Crippen LogP contribution in [0.25, 0.3) is 11.0 Å². The fourth-order valence-corrected chi connectivity index (χ4v) is 2.70. The lowest BCUT2D eigenvalue weighted by atomic mass is 10.1. The van der Waals surface area contributed by atoms with E-state index < -0.39 is 4.92 Å². The maximum atomic E-state index is 10.8. The molecule has 0 radical (unpaired) electrons. The van der Waals surface area contributed by atoms with Gasteiger partial charge in [0.05, 0.1) is 16.0 Å². The molecule has 0 aliphatic rings. The molecule has 0 saturated carbocycles. The maximum Gasteiger partial charge on any atom is 0.271 e. The lowest BCUT2D eigenvalue weighted by molar-refractivity contribution is -0.384. The summed E-state index contributed by atoms with van der Waals surface area (Å²) in [6, 6.07) is 4.99. The van der Waals surface area contributed by atoms with Crippen LogP contribution in [-0.4, -0.2) is 33.4 Å². The number of nitrogens with one attached hydrogen (secondary N) is 1. The number of rotatable bonds is 7. The van der Waals surface area contributed by atoms with Gasteiger partial charge in [0.25, 0.3) is 5.69 Å². The Morgan fingerprint density at radius 3 is 2.71 bits per heavy atom. The summed E-state index contributed by atoms with van der Waals surface area (Å²) in [5.74, 6) is 1.23. The van der Waals surface area contributed by atoms with Gasteiger partial charge in [-0.15, -0.1) is 11.6 Å². The lowest BCUT2D eigenvalue weighted by Gasteiger charge is -2.29. The van der Waals surface area contributed by atoms with Crippen molar-refractivity contribution in [1.82, 2.24) is 9.97 Å². The second-order valence-corrected chi connectivity index (χ2v) is 5.25. The predicted molar refractivity (Wildman–Crippen MR) is 85.2 cm³/mol. The third kappa shape index (κ3) is 3.26. The van der Waals surface area contributed by atoms with Gasteiger partial charge in [-0.3, -0.25) is 10.1 Å². The van der Waals surface area contributed by atoms with E-state index >= 15 is 0 Å². The quantitative estimate of drug-likeness (QED) is 0.480. The van der Waals surface area contributed by atoms with Crippen molar-refractivity contribution in [2.24, 2.45) is 0 Å². The smallest absolute Gasteiger partial charge is 0.271 e. The Labute approximate surface area is 128 Å². The second-order valence-electron chi connectivity index (χ2n) is 4.87. The molecular weight excluding hydrogens is 292 g/mol. The van der Waals surface area contributed by atoms with Crippen LogP contribution in [0.1, 0.15) is 26.7 Å². The van der Waals surface area contributed by atoms with Crippen molar-refractivity contribution in [3.8, 4) is 0 Å². The van der Waals surface area contributed by atoms with Crippen LogP contribution in [0.15, 0.2) is 18.2 Å². The first-order valence-electron chi connectivity index (χ1n) is 7.07. The summed E-state index contributed by atoms with van der Waals surface area (Å²) in [4.78, 5) is 20.3. The van der Waals surface area contributed by atoms with Gasteiger partial charge in [-0.1, -0.05) is 13.8 Å². The molecular formula is C14H19ClN4O2. The summed E-state index contributed by atoms with van der Waals surface area (Å²) in [6.45, 7) is 4.95. The minimum Gasteiger partial charge on any atom is -0.338 e. The summed E-state index contributed by atoms with van der Waals surface area (Å²) in [6.07, 6.45) is 1.98. The molecule has 0 bridgehead atoms. The zero-order valence-corrected chi connectivity index (χ0v) is 12.9. The molecule has 1 aromatic heterocycles. The SMILES string of the molecule is CCC(CC)N(CCCl)c1nc2ccc([N+](=O)[O-])cc2[nH]1. The van der Waals surface area contributed by atoms with Gasteiger partial charge in [-0.05, 0) is 18.9 Å². The van der Waals surface area contributed by atoms with Crippen LogP contribution in [0.5, 0.6) is 0 Å². The number of hydrogen-bond acceptors (Lipinski definition) is 4. The zero-order chi connectivity index (χ0) is 15.4. The van der Waals surface area contributed by atoms with Gasteiger partial charge >= 0.3 is 0 Å². The van der Waals surface area contributed by atoms with E-state index in [0.29, 0.717) is 24.0 Å². The van der Waals surface area contributed by atoms with E-state index in [1.165, 1.54) is 12.1 Å². The molecule has 0 spiro atoms. The van der Waals surface area contributed by atoms with Crippen LogP contribution >= 0.6 is 11.6 Å². The van der Waals surface area contributed by atoms with Gasteiger partial charge in [0, 0.05) is 30.6 Å². The average molecular weight is 311 g/mol. The van der Waals surface area contributed by atoms with E-state index in [9.17, 15) is 10.1 Å². The third-order valence-electron chi connectivity index (χ3n) is 3.64. The number of aromatic nitrogens is 2. The van der Waals surface area contributed by atoms with Crippen molar-refractivity contribution in [2.75, 3.05) is 17.3 Å². The highest BCUT2D eigenvalue weighted by atomic mass is 35.5. The molecule has 1 heterocycles. The Bertz CT molecular complexity index is 624. The molecule has 2 rings (SSSR count). The summed E-state index contributed by atoms with van der Waals surface area (Å²) in [5, 5.41) is 10.8. The number of anilines is 1. The number of benzene rings is 1. The number of nitro groups is 1. The Balaban J connectivity index is 2.41. The molecule has 1 N–H and O–H groups in total. The molecule has 0 atom stereocenters. The van der Waals surface area contributed by atoms with Gasteiger partial charge in [-0.2, -0.15) is 0 Å². The second kappa shape index (κ2) is 6.76.